The van der Waals surface area contributed by atoms with Crippen molar-refractivity contribution in [1.82, 2.24) is 14.9 Å². The predicted molar refractivity (Wildman–Crippen MR) is 107 cm³/mol. The summed E-state index contributed by atoms with van der Waals surface area (Å²) < 4.78 is 11.3. The van der Waals surface area contributed by atoms with Gasteiger partial charge in [-0.05, 0) is 43.0 Å². The predicted octanol–water partition coefficient (Wildman–Crippen LogP) is 3.33. The number of amides is 1. The summed E-state index contributed by atoms with van der Waals surface area (Å²) in [6, 6.07) is 12.2. The third-order valence-electron chi connectivity index (χ3n) is 5.13. The summed E-state index contributed by atoms with van der Waals surface area (Å²) in [5.74, 6) is 1.86. The van der Waals surface area contributed by atoms with E-state index in [-0.39, 0.29) is 23.2 Å². The number of pyridine rings is 1. The van der Waals surface area contributed by atoms with Crippen LogP contribution < -0.4 is 10.3 Å². The Kier molecular flexibility index (Phi) is 5.46. The number of aromatic amines is 1. The normalized spacial score (nSPS) is 16.6. The Morgan fingerprint density at radius 2 is 2.14 bits per heavy atom. The quantitative estimate of drug-likeness (QED) is 0.718. The van der Waals surface area contributed by atoms with E-state index in [4.69, 9.17) is 9.15 Å². The van der Waals surface area contributed by atoms with E-state index >= 15 is 0 Å². The van der Waals surface area contributed by atoms with Gasteiger partial charge in [0, 0.05) is 19.0 Å². The molecule has 7 heteroatoms. The molecule has 29 heavy (non-hydrogen) atoms. The minimum Gasteiger partial charge on any atom is -0.497 e. The van der Waals surface area contributed by atoms with Gasteiger partial charge in [-0.1, -0.05) is 18.2 Å². The first-order chi connectivity index (χ1) is 14.1. The van der Waals surface area contributed by atoms with Crippen molar-refractivity contribution in [3.8, 4) is 5.75 Å². The zero-order chi connectivity index (χ0) is 20.2. The second-order valence-electron chi connectivity index (χ2n) is 7.13. The van der Waals surface area contributed by atoms with Gasteiger partial charge < -0.3 is 19.0 Å². The van der Waals surface area contributed by atoms with Gasteiger partial charge in [-0.25, -0.2) is 4.98 Å². The fourth-order valence-electron chi connectivity index (χ4n) is 3.70. The van der Waals surface area contributed by atoms with E-state index in [9.17, 15) is 9.59 Å². The molecule has 7 nitrogen and oxygen atoms in total. The summed E-state index contributed by atoms with van der Waals surface area (Å²) in [7, 11) is 1.64. The molecule has 3 aromatic rings. The third-order valence-corrected chi connectivity index (χ3v) is 5.13. The number of H-pyrrole nitrogens is 1. The van der Waals surface area contributed by atoms with Gasteiger partial charge in [0.1, 0.15) is 23.2 Å². The second kappa shape index (κ2) is 8.34. The molecule has 1 aliphatic rings. The molecular weight excluding hydrogens is 370 g/mol. The van der Waals surface area contributed by atoms with Crippen molar-refractivity contribution in [1.29, 1.82) is 0 Å². The fraction of sp³-hybridized carbons (Fsp3) is 0.318. The lowest BCUT2D eigenvalue weighted by atomic mass is 10.0. The molecule has 0 aliphatic carbocycles. The molecule has 1 saturated heterocycles. The summed E-state index contributed by atoms with van der Waals surface area (Å²) >= 11 is 0. The van der Waals surface area contributed by atoms with Crippen molar-refractivity contribution < 1.29 is 13.9 Å². The van der Waals surface area contributed by atoms with E-state index in [2.05, 4.69) is 9.97 Å². The molecule has 1 fully saturated rings. The summed E-state index contributed by atoms with van der Waals surface area (Å²) in [5, 5.41) is 0. The lowest BCUT2D eigenvalue weighted by Gasteiger charge is -2.33. The van der Waals surface area contributed by atoms with Crippen molar-refractivity contribution in [2.75, 3.05) is 13.7 Å². The Balaban J connectivity index is 1.54. The molecule has 2 aromatic heterocycles. The van der Waals surface area contributed by atoms with Crippen molar-refractivity contribution in [2.45, 2.75) is 31.7 Å². The number of carbonyl (C=O) groups excluding carboxylic acids is 1. The maximum absolute atomic E-state index is 13.0. The number of oxazole rings is 1. The summed E-state index contributed by atoms with van der Waals surface area (Å²) in [6.07, 6.45) is 5.00. The van der Waals surface area contributed by atoms with Crippen LogP contribution in [0.15, 0.2) is 57.9 Å². The highest BCUT2D eigenvalue weighted by Gasteiger charge is 2.32. The monoisotopic (exact) mass is 393 g/mol. The Bertz CT molecular complexity index is 1060. The van der Waals surface area contributed by atoms with Crippen molar-refractivity contribution in [2.24, 2.45) is 0 Å². The molecule has 1 N–H and O–H groups in total. The van der Waals surface area contributed by atoms with Crippen molar-refractivity contribution >= 4 is 5.91 Å². The van der Waals surface area contributed by atoms with Crippen LogP contribution in [-0.4, -0.2) is 34.4 Å². The molecule has 3 heterocycles. The number of piperidine rings is 1. The largest absolute Gasteiger partial charge is 0.497 e. The lowest BCUT2D eigenvalue weighted by Crippen LogP contribution is -2.39. The fourth-order valence-corrected chi connectivity index (χ4v) is 3.70. The number of likely N-dealkylation sites (tertiary alicyclic amines) is 1. The minimum atomic E-state index is -0.291. The molecule has 1 atom stereocenters. The van der Waals surface area contributed by atoms with Crippen LogP contribution in [0.2, 0.25) is 0 Å². The first-order valence-electron chi connectivity index (χ1n) is 9.72. The van der Waals surface area contributed by atoms with Crippen LogP contribution in [0.4, 0.5) is 0 Å². The Hall–Kier alpha value is -3.35. The number of hydrogen-bond acceptors (Lipinski definition) is 5. The van der Waals surface area contributed by atoms with Crippen LogP contribution >= 0.6 is 0 Å². The molecule has 0 spiro atoms. The topological polar surface area (TPSA) is 88.4 Å². The van der Waals surface area contributed by atoms with Crippen LogP contribution in [0, 0.1) is 0 Å². The molecule has 0 radical (unpaired) electrons. The Labute approximate surface area is 168 Å². The van der Waals surface area contributed by atoms with Gasteiger partial charge in [-0.15, -0.1) is 0 Å². The highest BCUT2D eigenvalue weighted by Crippen LogP contribution is 2.32. The van der Waals surface area contributed by atoms with Crippen molar-refractivity contribution in [3.05, 3.63) is 81.9 Å². The average molecular weight is 393 g/mol. The van der Waals surface area contributed by atoms with Crippen LogP contribution in [0.3, 0.4) is 0 Å². The van der Waals surface area contributed by atoms with Gasteiger partial charge in [0.2, 0.25) is 11.4 Å². The van der Waals surface area contributed by atoms with Gasteiger partial charge in [0.05, 0.1) is 13.3 Å². The first kappa shape index (κ1) is 19.0. The van der Waals surface area contributed by atoms with E-state index < -0.39 is 0 Å². The van der Waals surface area contributed by atoms with E-state index in [1.54, 1.807) is 30.3 Å². The Morgan fingerprint density at radius 3 is 2.97 bits per heavy atom. The zero-order valence-electron chi connectivity index (χ0n) is 16.3. The molecule has 0 bridgehead atoms. The SMILES string of the molecule is COc1cccc(Cc2cnc([C@@H]3CCCCN3C(=O)c3cccc(=O)[nH]3)o2)c1. The highest BCUT2D eigenvalue weighted by molar-refractivity contribution is 5.92. The molecule has 0 saturated carbocycles. The lowest BCUT2D eigenvalue weighted by molar-refractivity contribution is 0.0563. The van der Waals surface area contributed by atoms with Gasteiger partial charge in [-0.2, -0.15) is 0 Å². The molecule has 4 rings (SSSR count). The smallest absolute Gasteiger partial charge is 0.271 e. The average Bonchev–Trinajstić information content (AvgIpc) is 3.21. The maximum Gasteiger partial charge on any atom is 0.271 e. The van der Waals surface area contributed by atoms with E-state index in [1.807, 2.05) is 24.3 Å². The summed E-state index contributed by atoms with van der Waals surface area (Å²) in [6.45, 7) is 0.605. The second-order valence-corrected chi connectivity index (χ2v) is 7.13. The number of hydrogen-bond donors (Lipinski definition) is 1. The number of aromatic nitrogens is 2. The van der Waals surface area contributed by atoms with Gasteiger partial charge in [0.15, 0.2) is 0 Å². The van der Waals surface area contributed by atoms with E-state index in [0.29, 0.717) is 18.9 Å². The standard InChI is InChI=1S/C22H23N3O4/c1-28-16-7-4-6-15(12-16)13-17-14-23-21(29-17)19-9-2-3-11-25(19)22(27)18-8-5-10-20(26)24-18/h4-8,10,12,14,19H,2-3,9,11,13H2,1H3,(H,24,26)/t19-/m0/s1. The zero-order valence-corrected chi connectivity index (χ0v) is 16.3. The van der Waals surface area contributed by atoms with E-state index in [1.165, 1.54) is 6.07 Å². The number of methoxy groups -OCH3 is 1. The molecule has 1 aliphatic heterocycles. The summed E-state index contributed by atoms with van der Waals surface area (Å²) in [5.41, 5.74) is 1.05. The number of benzene rings is 1. The number of nitrogens with one attached hydrogen (secondary N) is 1. The number of carbonyl (C=O) groups is 1. The maximum atomic E-state index is 13.0. The number of nitrogens with zero attached hydrogens (tertiary/aromatic N) is 2. The van der Waals surface area contributed by atoms with Crippen LogP contribution in [0.5, 0.6) is 5.75 Å². The molecular formula is C22H23N3O4. The first-order valence-corrected chi connectivity index (χ1v) is 9.72. The van der Waals surface area contributed by atoms with Crippen molar-refractivity contribution in [3.63, 3.8) is 0 Å². The molecule has 150 valence electrons. The third kappa shape index (κ3) is 4.23. The molecule has 0 unspecified atom stereocenters. The van der Waals surface area contributed by atoms with Crippen LogP contribution in [-0.2, 0) is 6.42 Å². The number of rotatable bonds is 5. The van der Waals surface area contributed by atoms with Crippen LogP contribution in [0.1, 0.15) is 53.0 Å². The summed E-state index contributed by atoms with van der Waals surface area (Å²) in [4.78, 5) is 33.4. The van der Waals surface area contributed by atoms with Gasteiger partial charge in [-0.3, -0.25) is 9.59 Å². The molecule has 1 aromatic carbocycles. The minimum absolute atomic E-state index is 0.208. The molecule has 1 amide bonds. The number of ether oxygens (including phenoxy) is 1. The highest BCUT2D eigenvalue weighted by atomic mass is 16.5. The van der Waals surface area contributed by atoms with Crippen LogP contribution in [0.25, 0.3) is 0 Å². The van der Waals surface area contributed by atoms with E-state index in [0.717, 1.165) is 36.3 Å². The Morgan fingerprint density at radius 1 is 1.28 bits per heavy atom. The van der Waals surface area contributed by atoms with Gasteiger partial charge in [0.25, 0.3) is 5.91 Å². The van der Waals surface area contributed by atoms with Gasteiger partial charge >= 0.3 is 0 Å².